The van der Waals surface area contributed by atoms with Gasteiger partial charge in [-0.05, 0) is 113 Å². The lowest BCUT2D eigenvalue weighted by atomic mass is 9.96. The fourth-order valence-electron chi connectivity index (χ4n) is 9.60. The van der Waals surface area contributed by atoms with Crippen molar-refractivity contribution in [3.8, 4) is 33.6 Å². The van der Waals surface area contributed by atoms with E-state index in [1.807, 2.05) is 17.4 Å². The number of aromatic nitrogens is 2. The molecule has 0 amide bonds. The zero-order valence-corrected chi connectivity index (χ0v) is 32.0. The van der Waals surface area contributed by atoms with Crippen molar-refractivity contribution >= 4 is 97.1 Å². The van der Waals surface area contributed by atoms with Gasteiger partial charge in [0, 0.05) is 63.9 Å². The highest BCUT2D eigenvalue weighted by molar-refractivity contribution is 7.26. The van der Waals surface area contributed by atoms with E-state index in [2.05, 4.69) is 197 Å². The number of hydrogen-bond acceptors (Lipinski definition) is 2. The van der Waals surface area contributed by atoms with Crippen LogP contribution in [-0.4, -0.2) is 9.13 Å². The van der Waals surface area contributed by atoms with Crippen LogP contribution in [0.15, 0.2) is 199 Å². The van der Waals surface area contributed by atoms with E-state index in [0.29, 0.717) is 0 Å². The Morgan fingerprint density at radius 2 is 0.931 bits per heavy atom. The SMILES string of the molecule is c1ccc(-n2c3ccccc3c3cc(-c4cccc5sc6ccc(-c7ccc8c(c7)c7c9c(ccc7n8-c7ccccc7)oc7ccccc79)cc6c45)ccc32)cc1. The lowest BCUT2D eigenvalue weighted by molar-refractivity contribution is 0.669. The molecule has 0 aliphatic carbocycles. The fraction of sp³-hybridized carbons (Fsp3) is 0. The van der Waals surface area contributed by atoms with E-state index in [4.69, 9.17) is 4.42 Å². The van der Waals surface area contributed by atoms with Gasteiger partial charge in [0.2, 0.25) is 0 Å². The van der Waals surface area contributed by atoms with Crippen molar-refractivity contribution in [2.75, 3.05) is 0 Å². The molecule has 0 aliphatic heterocycles. The normalized spacial score (nSPS) is 12.1. The molecule has 270 valence electrons. The van der Waals surface area contributed by atoms with Gasteiger partial charge in [-0.1, -0.05) is 103 Å². The molecule has 0 aliphatic rings. The molecular formula is C54H32N2OS. The molecule has 13 rings (SSSR count). The third-order valence-corrected chi connectivity index (χ3v) is 13.2. The van der Waals surface area contributed by atoms with E-state index in [9.17, 15) is 0 Å². The summed E-state index contributed by atoms with van der Waals surface area (Å²) in [6.45, 7) is 0. The maximum absolute atomic E-state index is 6.42. The predicted octanol–water partition coefficient (Wildman–Crippen LogP) is 15.5. The van der Waals surface area contributed by atoms with Crippen molar-refractivity contribution in [2.45, 2.75) is 0 Å². The summed E-state index contributed by atoms with van der Waals surface area (Å²) >= 11 is 1.87. The van der Waals surface area contributed by atoms with Crippen molar-refractivity contribution in [2.24, 2.45) is 0 Å². The number of rotatable bonds is 4. The minimum atomic E-state index is 0.910. The highest BCUT2D eigenvalue weighted by atomic mass is 32.1. The van der Waals surface area contributed by atoms with Crippen molar-refractivity contribution in [3.63, 3.8) is 0 Å². The summed E-state index contributed by atoms with van der Waals surface area (Å²) in [5.41, 5.74) is 13.8. The third kappa shape index (κ3) is 4.49. The van der Waals surface area contributed by atoms with Crippen LogP contribution >= 0.6 is 11.3 Å². The van der Waals surface area contributed by atoms with Gasteiger partial charge >= 0.3 is 0 Å². The molecule has 0 N–H and O–H groups in total. The molecule has 0 radical (unpaired) electrons. The van der Waals surface area contributed by atoms with Gasteiger partial charge in [-0.2, -0.15) is 0 Å². The van der Waals surface area contributed by atoms with Crippen LogP contribution in [0.3, 0.4) is 0 Å². The van der Waals surface area contributed by atoms with E-state index < -0.39 is 0 Å². The summed E-state index contributed by atoms with van der Waals surface area (Å²) in [5, 5.41) is 9.86. The van der Waals surface area contributed by atoms with Gasteiger partial charge in [-0.3, -0.25) is 0 Å². The van der Waals surface area contributed by atoms with Crippen molar-refractivity contribution in [1.29, 1.82) is 0 Å². The number of benzene rings is 9. The van der Waals surface area contributed by atoms with Gasteiger partial charge in [-0.25, -0.2) is 0 Å². The molecule has 58 heavy (non-hydrogen) atoms. The van der Waals surface area contributed by atoms with E-state index >= 15 is 0 Å². The van der Waals surface area contributed by atoms with Gasteiger partial charge < -0.3 is 13.6 Å². The van der Waals surface area contributed by atoms with E-state index in [0.717, 1.165) is 27.6 Å². The minimum absolute atomic E-state index is 0.910. The second-order valence-electron chi connectivity index (χ2n) is 15.2. The molecule has 4 aromatic heterocycles. The molecule has 13 aromatic rings. The quantitative estimate of drug-likeness (QED) is 0.175. The largest absolute Gasteiger partial charge is 0.456 e. The molecule has 0 atom stereocenters. The van der Waals surface area contributed by atoms with Gasteiger partial charge in [0.05, 0.1) is 22.1 Å². The summed E-state index contributed by atoms with van der Waals surface area (Å²) in [5.74, 6) is 0. The predicted molar refractivity (Wildman–Crippen MR) is 246 cm³/mol. The van der Waals surface area contributed by atoms with Crippen LogP contribution in [0.4, 0.5) is 0 Å². The minimum Gasteiger partial charge on any atom is -0.456 e. The van der Waals surface area contributed by atoms with Crippen LogP contribution < -0.4 is 0 Å². The van der Waals surface area contributed by atoms with Gasteiger partial charge in [0.25, 0.3) is 0 Å². The molecule has 0 saturated carbocycles. The highest BCUT2D eigenvalue weighted by Crippen LogP contribution is 2.45. The Bertz CT molecular complexity index is 3790. The standard InChI is InChI=1S/C54H32N2OS/c1-3-12-36(13-4-1)55-44-19-9-7-16-39(44)41-32-35(23-26-45(41)55)38-18-11-21-51-52(38)43-31-34(24-29-50(43)58-51)33-22-25-46-42(30-33)53-47(56(46)37-14-5-2-6-15-37)27-28-49-54(53)40-17-8-10-20-48(40)57-49/h1-32H. The Balaban J connectivity index is 1.02. The summed E-state index contributed by atoms with van der Waals surface area (Å²) in [4.78, 5) is 0. The average molecular weight is 757 g/mol. The second kappa shape index (κ2) is 12.1. The summed E-state index contributed by atoms with van der Waals surface area (Å²) < 4.78 is 13.8. The van der Waals surface area contributed by atoms with Crippen LogP contribution in [0.5, 0.6) is 0 Å². The first-order valence-corrected chi connectivity index (χ1v) is 20.6. The Hall–Kier alpha value is -7.40. The van der Waals surface area contributed by atoms with E-state index in [1.165, 1.54) is 91.7 Å². The van der Waals surface area contributed by atoms with E-state index in [-0.39, 0.29) is 0 Å². The first kappa shape index (κ1) is 31.8. The molecule has 9 aromatic carbocycles. The van der Waals surface area contributed by atoms with Crippen LogP contribution in [0.1, 0.15) is 0 Å². The highest BCUT2D eigenvalue weighted by Gasteiger charge is 2.20. The van der Waals surface area contributed by atoms with Crippen molar-refractivity contribution in [3.05, 3.63) is 194 Å². The molecule has 0 bridgehead atoms. The number of para-hydroxylation sites is 4. The van der Waals surface area contributed by atoms with E-state index in [1.54, 1.807) is 0 Å². The number of nitrogens with zero attached hydrogens (tertiary/aromatic N) is 2. The molecule has 4 heterocycles. The summed E-state index contributed by atoms with van der Waals surface area (Å²) in [7, 11) is 0. The number of thiophene rings is 1. The summed E-state index contributed by atoms with van der Waals surface area (Å²) in [6.07, 6.45) is 0. The van der Waals surface area contributed by atoms with Crippen LogP contribution in [0, 0.1) is 0 Å². The number of furan rings is 1. The molecular weight excluding hydrogens is 725 g/mol. The first-order chi connectivity index (χ1) is 28.8. The molecule has 0 spiro atoms. The number of hydrogen-bond donors (Lipinski definition) is 0. The van der Waals surface area contributed by atoms with Gasteiger partial charge in [-0.15, -0.1) is 11.3 Å². The monoisotopic (exact) mass is 756 g/mol. The first-order valence-electron chi connectivity index (χ1n) is 19.8. The lowest BCUT2D eigenvalue weighted by Gasteiger charge is -2.09. The Labute approximate surface area is 336 Å². The lowest BCUT2D eigenvalue weighted by Crippen LogP contribution is -1.92. The summed E-state index contributed by atoms with van der Waals surface area (Å²) in [6, 6.07) is 70.7. The Morgan fingerprint density at radius 1 is 0.328 bits per heavy atom. The van der Waals surface area contributed by atoms with Crippen molar-refractivity contribution < 1.29 is 4.42 Å². The topological polar surface area (TPSA) is 23.0 Å². The zero-order chi connectivity index (χ0) is 37.9. The van der Waals surface area contributed by atoms with Gasteiger partial charge in [0.15, 0.2) is 0 Å². The Morgan fingerprint density at radius 3 is 1.74 bits per heavy atom. The molecule has 0 fully saturated rings. The maximum Gasteiger partial charge on any atom is 0.136 e. The smallest absolute Gasteiger partial charge is 0.136 e. The van der Waals surface area contributed by atoms with Crippen LogP contribution in [0.25, 0.3) is 119 Å². The molecule has 4 heteroatoms. The number of fused-ring (bicyclic) bond motifs is 13. The molecule has 0 saturated heterocycles. The second-order valence-corrected chi connectivity index (χ2v) is 16.3. The molecule has 3 nitrogen and oxygen atoms in total. The third-order valence-electron chi connectivity index (χ3n) is 12.1. The van der Waals surface area contributed by atoms with Gasteiger partial charge in [0.1, 0.15) is 11.2 Å². The average Bonchev–Trinajstić information content (AvgIpc) is 4.03. The van der Waals surface area contributed by atoms with Crippen LogP contribution in [0.2, 0.25) is 0 Å². The maximum atomic E-state index is 6.42. The fourth-order valence-corrected chi connectivity index (χ4v) is 10.7. The van der Waals surface area contributed by atoms with Crippen molar-refractivity contribution in [1.82, 2.24) is 9.13 Å². The Kier molecular flexibility index (Phi) is 6.60. The zero-order valence-electron chi connectivity index (χ0n) is 31.2. The molecule has 0 unspecified atom stereocenters. The van der Waals surface area contributed by atoms with Crippen LogP contribution in [-0.2, 0) is 0 Å².